The Bertz CT molecular complexity index is 1010. The molecule has 4 heteroatoms. The molecule has 0 saturated carbocycles. The van der Waals surface area contributed by atoms with Crippen molar-refractivity contribution in [2.75, 3.05) is 0 Å². The molecule has 1 N–H and O–H groups in total. The van der Waals surface area contributed by atoms with Gasteiger partial charge in [-0.1, -0.05) is 54.6 Å². The van der Waals surface area contributed by atoms with E-state index < -0.39 is 0 Å². The summed E-state index contributed by atoms with van der Waals surface area (Å²) < 4.78 is 0. The molecule has 25 heavy (non-hydrogen) atoms. The standard InChI is InChI=1S/C21H16N2OS/c24-21(13-17-8-5-11-25-17)23-22-14-20-18-9-3-1-6-15(18)12-16-7-2-4-10-19(16)20/h1-12,14H,13H2,(H,23,24)/b22-14-. The minimum atomic E-state index is -0.108. The molecular weight excluding hydrogens is 328 g/mol. The van der Waals surface area contributed by atoms with Gasteiger partial charge in [0, 0.05) is 10.4 Å². The van der Waals surface area contributed by atoms with Crippen LogP contribution in [0.2, 0.25) is 0 Å². The van der Waals surface area contributed by atoms with E-state index in [1.54, 1.807) is 17.6 Å². The molecule has 4 rings (SSSR count). The summed E-state index contributed by atoms with van der Waals surface area (Å²) in [7, 11) is 0. The van der Waals surface area contributed by atoms with E-state index in [1.165, 1.54) is 0 Å². The lowest BCUT2D eigenvalue weighted by Crippen LogP contribution is -2.19. The second-order valence-corrected chi connectivity index (χ2v) is 6.81. The maximum Gasteiger partial charge on any atom is 0.245 e. The molecule has 0 radical (unpaired) electrons. The number of amides is 1. The van der Waals surface area contributed by atoms with Gasteiger partial charge >= 0.3 is 0 Å². The highest BCUT2D eigenvalue weighted by atomic mass is 32.1. The van der Waals surface area contributed by atoms with Gasteiger partial charge in [0.25, 0.3) is 0 Å². The van der Waals surface area contributed by atoms with Crippen molar-refractivity contribution in [3.8, 4) is 0 Å². The number of rotatable bonds is 4. The number of thiophene rings is 1. The monoisotopic (exact) mass is 344 g/mol. The predicted molar refractivity (Wildman–Crippen MR) is 105 cm³/mol. The average molecular weight is 344 g/mol. The maximum absolute atomic E-state index is 12.0. The van der Waals surface area contributed by atoms with Crippen LogP contribution in [0.5, 0.6) is 0 Å². The molecule has 0 atom stereocenters. The van der Waals surface area contributed by atoms with E-state index in [0.717, 1.165) is 32.0 Å². The molecule has 122 valence electrons. The van der Waals surface area contributed by atoms with Crippen molar-refractivity contribution in [2.24, 2.45) is 5.10 Å². The summed E-state index contributed by atoms with van der Waals surface area (Å²) in [6.45, 7) is 0. The Morgan fingerprint density at radius 3 is 2.28 bits per heavy atom. The SMILES string of the molecule is O=C(Cc1cccs1)N/N=C\c1c2ccccc2cc2ccccc12. The number of fused-ring (bicyclic) bond motifs is 2. The minimum Gasteiger partial charge on any atom is -0.273 e. The number of nitrogens with zero attached hydrogens (tertiary/aromatic N) is 1. The molecule has 0 bridgehead atoms. The molecule has 4 aromatic rings. The first kappa shape index (κ1) is 15.5. The molecule has 0 aliphatic rings. The topological polar surface area (TPSA) is 41.5 Å². The molecule has 0 aliphatic heterocycles. The van der Waals surface area contributed by atoms with Crippen LogP contribution in [0.15, 0.2) is 77.2 Å². The fourth-order valence-corrected chi connectivity index (χ4v) is 3.67. The zero-order valence-corrected chi connectivity index (χ0v) is 14.3. The van der Waals surface area contributed by atoms with Crippen LogP contribution in [0.4, 0.5) is 0 Å². The molecule has 1 aromatic heterocycles. The lowest BCUT2D eigenvalue weighted by molar-refractivity contribution is -0.120. The van der Waals surface area contributed by atoms with Crippen molar-refractivity contribution >= 4 is 45.0 Å². The van der Waals surface area contributed by atoms with Crippen LogP contribution in [0, 0.1) is 0 Å². The maximum atomic E-state index is 12.0. The van der Waals surface area contributed by atoms with Gasteiger partial charge in [0.05, 0.1) is 12.6 Å². The summed E-state index contributed by atoms with van der Waals surface area (Å²) in [6, 6.07) is 22.5. The molecule has 3 aromatic carbocycles. The Morgan fingerprint density at radius 2 is 1.64 bits per heavy atom. The highest BCUT2D eigenvalue weighted by Gasteiger charge is 2.06. The summed E-state index contributed by atoms with van der Waals surface area (Å²) in [5.74, 6) is -0.108. The number of hydrogen-bond acceptors (Lipinski definition) is 3. The van der Waals surface area contributed by atoms with Gasteiger partial charge in [0.15, 0.2) is 0 Å². The zero-order valence-electron chi connectivity index (χ0n) is 13.5. The van der Waals surface area contributed by atoms with E-state index in [2.05, 4.69) is 40.9 Å². The van der Waals surface area contributed by atoms with Crippen LogP contribution in [-0.4, -0.2) is 12.1 Å². The number of hydrogen-bond donors (Lipinski definition) is 1. The molecule has 1 amide bonds. The Labute approximate surface area is 149 Å². The lowest BCUT2D eigenvalue weighted by Gasteiger charge is -2.07. The van der Waals surface area contributed by atoms with Gasteiger partial charge < -0.3 is 0 Å². The van der Waals surface area contributed by atoms with Gasteiger partial charge in [-0.25, -0.2) is 5.43 Å². The molecule has 0 spiro atoms. The molecule has 0 saturated heterocycles. The number of carbonyl (C=O) groups is 1. The fraction of sp³-hybridized carbons (Fsp3) is 0.0476. The first-order valence-corrected chi connectivity index (χ1v) is 8.94. The molecular formula is C21H16N2OS. The van der Waals surface area contributed by atoms with Gasteiger partial charge in [0.2, 0.25) is 5.91 Å². The van der Waals surface area contributed by atoms with E-state index in [1.807, 2.05) is 41.8 Å². The van der Waals surface area contributed by atoms with Gasteiger partial charge in [0.1, 0.15) is 0 Å². The van der Waals surface area contributed by atoms with Gasteiger partial charge in [-0.15, -0.1) is 11.3 Å². The second-order valence-electron chi connectivity index (χ2n) is 5.78. The van der Waals surface area contributed by atoms with Gasteiger partial charge in [-0.05, 0) is 39.1 Å². The predicted octanol–water partition coefficient (Wildman–Crippen LogP) is 4.75. The van der Waals surface area contributed by atoms with Crippen molar-refractivity contribution in [3.63, 3.8) is 0 Å². The van der Waals surface area contributed by atoms with Crippen LogP contribution in [0.25, 0.3) is 21.5 Å². The van der Waals surface area contributed by atoms with E-state index in [0.29, 0.717) is 6.42 Å². The van der Waals surface area contributed by atoms with Crippen LogP contribution in [-0.2, 0) is 11.2 Å². The van der Waals surface area contributed by atoms with Crippen molar-refractivity contribution in [1.29, 1.82) is 0 Å². The van der Waals surface area contributed by atoms with Crippen LogP contribution < -0.4 is 5.43 Å². The summed E-state index contributed by atoms with van der Waals surface area (Å²) in [5.41, 5.74) is 3.65. The first-order valence-electron chi connectivity index (χ1n) is 8.06. The van der Waals surface area contributed by atoms with Crippen molar-refractivity contribution in [3.05, 3.63) is 82.6 Å². The van der Waals surface area contributed by atoms with Crippen molar-refractivity contribution in [1.82, 2.24) is 5.43 Å². The van der Waals surface area contributed by atoms with Crippen LogP contribution in [0.3, 0.4) is 0 Å². The molecule has 0 fully saturated rings. The Kier molecular flexibility index (Phi) is 4.27. The minimum absolute atomic E-state index is 0.108. The first-order chi connectivity index (χ1) is 12.3. The second kappa shape index (κ2) is 6.87. The fourth-order valence-electron chi connectivity index (χ4n) is 2.97. The van der Waals surface area contributed by atoms with Gasteiger partial charge in [-0.2, -0.15) is 5.10 Å². The Hall–Kier alpha value is -2.98. The average Bonchev–Trinajstić information content (AvgIpc) is 3.14. The highest BCUT2D eigenvalue weighted by Crippen LogP contribution is 2.27. The Balaban J connectivity index is 1.66. The summed E-state index contributed by atoms with van der Waals surface area (Å²) in [5, 5.41) is 10.7. The smallest absolute Gasteiger partial charge is 0.245 e. The van der Waals surface area contributed by atoms with E-state index >= 15 is 0 Å². The van der Waals surface area contributed by atoms with E-state index in [9.17, 15) is 4.79 Å². The largest absolute Gasteiger partial charge is 0.273 e. The molecule has 0 unspecified atom stereocenters. The highest BCUT2D eigenvalue weighted by molar-refractivity contribution is 7.10. The normalized spacial score (nSPS) is 11.4. The quantitative estimate of drug-likeness (QED) is 0.324. The van der Waals surface area contributed by atoms with Crippen LogP contribution in [0.1, 0.15) is 10.4 Å². The summed E-state index contributed by atoms with van der Waals surface area (Å²) in [4.78, 5) is 13.0. The zero-order chi connectivity index (χ0) is 17.1. The van der Waals surface area contributed by atoms with E-state index in [-0.39, 0.29) is 5.91 Å². The Morgan fingerprint density at radius 1 is 0.960 bits per heavy atom. The van der Waals surface area contributed by atoms with Crippen LogP contribution >= 0.6 is 11.3 Å². The third-order valence-electron chi connectivity index (χ3n) is 4.11. The number of carbonyl (C=O) groups excluding carboxylic acids is 1. The number of benzene rings is 3. The van der Waals surface area contributed by atoms with Crippen molar-refractivity contribution < 1.29 is 4.79 Å². The van der Waals surface area contributed by atoms with Crippen molar-refractivity contribution in [2.45, 2.75) is 6.42 Å². The summed E-state index contributed by atoms with van der Waals surface area (Å²) in [6.07, 6.45) is 2.10. The molecule has 1 heterocycles. The third-order valence-corrected chi connectivity index (χ3v) is 4.99. The lowest BCUT2D eigenvalue weighted by atomic mass is 9.97. The summed E-state index contributed by atoms with van der Waals surface area (Å²) >= 11 is 1.57. The van der Waals surface area contributed by atoms with Gasteiger partial charge in [-0.3, -0.25) is 4.79 Å². The molecule has 0 aliphatic carbocycles. The third kappa shape index (κ3) is 3.30. The number of hydrazone groups is 1. The van der Waals surface area contributed by atoms with E-state index in [4.69, 9.17) is 0 Å². The molecule has 3 nitrogen and oxygen atoms in total. The number of nitrogens with one attached hydrogen (secondary N) is 1.